The highest BCUT2D eigenvalue weighted by Crippen LogP contribution is 2.64. The number of fused-ring (bicyclic) bond motifs is 16. The summed E-state index contributed by atoms with van der Waals surface area (Å²) in [6.45, 7) is 0. The molecule has 0 radical (unpaired) electrons. The third-order valence-electron chi connectivity index (χ3n) is 13.6. The Hall–Kier alpha value is -8.00. The van der Waals surface area contributed by atoms with Crippen molar-refractivity contribution in [1.82, 2.24) is 0 Å². The van der Waals surface area contributed by atoms with Crippen LogP contribution in [-0.4, -0.2) is 0 Å². The second-order valence-corrected chi connectivity index (χ2v) is 16.7. The highest BCUT2D eigenvalue weighted by molar-refractivity contribution is 6.26. The predicted octanol–water partition coefficient (Wildman–Crippen LogP) is 16.3. The lowest BCUT2D eigenvalue weighted by molar-refractivity contribution is 0.794. The fourth-order valence-corrected chi connectivity index (χ4v) is 11.1. The topological polar surface area (TPSA) is 3.24 Å². The van der Waals surface area contributed by atoms with Gasteiger partial charge < -0.3 is 4.90 Å². The van der Waals surface area contributed by atoms with E-state index in [1.54, 1.807) is 0 Å². The number of nitrogens with zero attached hydrogens (tertiary/aromatic N) is 1. The second-order valence-electron chi connectivity index (χ2n) is 16.7. The molecule has 13 rings (SSSR count). The van der Waals surface area contributed by atoms with Crippen LogP contribution < -0.4 is 4.90 Å². The molecule has 0 fully saturated rings. The van der Waals surface area contributed by atoms with Gasteiger partial charge >= 0.3 is 0 Å². The van der Waals surface area contributed by atoms with Crippen LogP contribution in [0.1, 0.15) is 22.3 Å². The van der Waals surface area contributed by atoms with E-state index in [-0.39, 0.29) is 0 Å². The molecule has 0 aromatic heterocycles. The van der Waals surface area contributed by atoms with Gasteiger partial charge in [-0.05, 0) is 130 Å². The third-order valence-corrected chi connectivity index (χ3v) is 13.6. The lowest BCUT2D eigenvalue weighted by Crippen LogP contribution is -2.26. The Labute approximate surface area is 361 Å². The van der Waals surface area contributed by atoms with Crippen LogP contribution in [0.5, 0.6) is 0 Å². The minimum absolute atomic E-state index is 0.445. The van der Waals surface area contributed by atoms with Gasteiger partial charge in [-0.1, -0.05) is 200 Å². The average Bonchev–Trinajstić information content (AvgIpc) is 3.83. The molecule has 0 saturated heterocycles. The summed E-state index contributed by atoms with van der Waals surface area (Å²) in [5.41, 5.74) is 18.2. The van der Waals surface area contributed by atoms with Crippen LogP contribution in [0.3, 0.4) is 0 Å². The van der Waals surface area contributed by atoms with E-state index in [4.69, 9.17) is 0 Å². The largest absolute Gasteiger partial charge is 0.310 e. The Bertz CT molecular complexity index is 3520. The molecule has 62 heavy (non-hydrogen) atoms. The number of hydrogen-bond donors (Lipinski definition) is 0. The van der Waals surface area contributed by atoms with Crippen molar-refractivity contribution in [1.29, 1.82) is 0 Å². The van der Waals surface area contributed by atoms with Crippen LogP contribution in [0.15, 0.2) is 237 Å². The van der Waals surface area contributed by atoms with Gasteiger partial charge in [-0.2, -0.15) is 0 Å². The molecular formula is C61H39N. The first-order valence-electron chi connectivity index (χ1n) is 21.6. The summed E-state index contributed by atoms with van der Waals surface area (Å²) in [6.07, 6.45) is 0. The molecule has 2 aliphatic rings. The molecule has 0 N–H and O–H groups in total. The minimum Gasteiger partial charge on any atom is -0.310 e. The van der Waals surface area contributed by atoms with Crippen molar-refractivity contribution in [3.8, 4) is 44.5 Å². The molecule has 1 nitrogen and oxygen atoms in total. The first-order valence-corrected chi connectivity index (χ1v) is 21.6. The maximum Gasteiger partial charge on any atom is 0.0726 e. The Balaban J connectivity index is 1.10. The standard InChI is InChI=1S/C61H39N/c1-2-17-40(18-3-1)41-19-14-20-42(37-41)43-21-15-22-44(38-43)62(45-35-36-50-48-25-5-4-23-46(48)47-24-6-7-26-49(47)54(50)39-45)59-34-16-33-58-60(59)53-29-10-13-32-57(53)61(58)55-30-11-8-27-51(55)52-28-9-12-31-56(52)61/h1-39H. The van der Waals surface area contributed by atoms with Gasteiger partial charge in [-0.15, -0.1) is 0 Å². The van der Waals surface area contributed by atoms with Gasteiger partial charge in [-0.3, -0.25) is 0 Å². The minimum atomic E-state index is -0.445. The summed E-state index contributed by atoms with van der Waals surface area (Å²) in [5.74, 6) is 0. The molecule has 11 aromatic rings. The number of rotatable bonds is 5. The van der Waals surface area contributed by atoms with Crippen LogP contribution in [0.25, 0.3) is 76.8 Å². The number of hydrogen-bond acceptors (Lipinski definition) is 1. The molecule has 0 heterocycles. The van der Waals surface area contributed by atoms with Crippen LogP contribution in [0, 0.1) is 0 Å². The molecular weight excluding hydrogens is 747 g/mol. The maximum absolute atomic E-state index is 2.52. The van der Waals surface area contributed by atoms with E-state index < -0.39 is 5.41 Å². The normalized spacial score (nSPS) is 13.0. The molecule has 0 unspecified atom stereocenters. The average molecular weight is 786 g/mol. The van der Waals surface area contributed by atoms with Gasteiger partial charge in [0.05, 0.1) is 11.1 Å². The van der Waals surface area contributed by atoms with Crippen molar-refractivity contribution < 1.29 is 0 Å². The van der Waals surface area contributed by atoms with E-state index in [9.17, 15) is 0 Å². The van der Waals surface area contributed by atoms with Crippen LogP contribution in [0.4, 0.5) is 17.1 Å². The molecule has 0 aliphatic heterocycles. The summed E-state index contributed by atoms with van der Waals surface area (Å²) in [4.78, 5) is 2.52. The van der Waals surface area contributed by atoms with Gasteiger partial charge in [0.25, 0.3) is 0 Å². The quantitative estimate of drug-likeness (QED) is 0.157. The SMILES string of the molecule is c1ccc(-c2cccc(-c3cccc(N(c4ccc5c6ccccc6c6ccccc6c5c4)c4cccc5c4-c4ccccc4C54c5ccccc5-c5ccccc54)c3)c2)cc1. The zero-order valence-corrected chi connectivity index (χ0v) is 34.0. The Kier molecular flexibility index (Phi) is 7.59. The van der Waals surface area contributed by atoms with Gasteiger partial charge in [0.15, 0.2) is 0 Å². The summed E-state index contributed by atoms with van der Waals surface area (Å²) in [7, 11) is 0. The van der Waals surface area contributed by atoms with E-state index in [1.807, 2.05) is 0 Å². The molecule has 11 aromatic carbocycles. The molecule has 0 bridgehead atoms. The maximum atomic E-state index is 2.52. The first-order chi connectivity index (χ1) is 30.8. The third kappa shape index (κ3) is 4.91. The summed E-state index contributed by atoms with van der Waals surface area (Å²) in [5, 5.41) is 7.60. The van der Waals surface area contributed by atoms with Crippen molar-refractivity contribution in [2.45, 2.75) is 5.41 Å². The Morgan fingerprint density at radius 3 is 1.35 bits per heavy atom. The van der Waals surface area contributed by atoms with E-state index in [2.05, 4.69) is 241 Å². The zero-order chi connectivity index (χ0) is 40.8. The monoisotopic (exact) mass is 785 g/mol. The van der Waals surface area contributed by atoms with Crippen molar-refractivity contribution in [3.05, 3.63) is 259 Å². The van der Waals surface area contributed by atoms with Crippen molar-refractivity contribution in [2.24, 2.45) is 0 Å². The molecule has 1 heteroatoms. The number of benzene rings is 11. The Morgan fingerprint density at radius 1 is 0.258 bits per heavy atom. The fraction of sp³-hybridized carbons (Fsp3) is 0.0164. The van der Waals surface area contributed by atoms with Gasteiger partial charge in [-0.25, -0.2) is 0 Å². The molecule has 1 spiro atoms. The highest BCUT2D eigenvalue weighted by Gasteiger charge is 2.52. The van der Waals surface area contributed by atoms with Crippen LogP contribution in [0.2, 0.25) is 0 Å². The lowest BCUT2D eigenvalue weighted by Gasteiger charge is -2.32. The second kappa shape index (κ2) is 13.5. The summed E-state index contributed by atoms with van der Waals surface area (Å²) >= 11 is 0. The van der Waals surface area contributed by atoms with Crippen molar-refractivity contribution >= 4 is 49.4 Å². The smallest absolute Gasteiger partial charge is 0.0726 e. The number of anilines is 3. The van der Waals surface area contributed by atoms with E-state index in [1.165, 1.54) is 99.1 Å². The predicted molar refractivity (Wildman–Crippen MR) is 261 cm³/mol. The first kappa shape index (κ1) is 34.8. The highest BCUT2D eigenvalue weighted by atomic mass is 15.1. The van der Waals surface area contributed by atoms with E-state index in [0.717, 1.165) is 17.1 Å². The van der Waals surface area contributed by atoms with Gasteiger partial charge in [0.1, 0.15) is 0 Å². The molecule has 0 amide bonds. The van der Waals surface area contributed by atoms with Gasteiger partial charge in [0, 0.05) is 16.9 Å². The van der Waals surface area contributed by atoms with Crippen LogP contribution in [-0.2, 0) is 5.41 Å². The molecule has 0 atom stereocenters. The molecule has 288 valence electrons. The van der Waals surface area contributed by atoms with E-state index >= 15 is 0 Å². The van der Waals surface area contributed by atoms with Crippen molar-refractivity contribution in [2.75, 3.05) is 4.90 Å². The fourth-order valence-electron chi connectivity index (χ4n) is 11.1. The summed E-state index contributed by atoms with van der Waals surface area (Å²) < 4.78 is 0. The zero-order valence-electron chi connectivity index (χ0n) is 34.0. The molecule has 2 aliphatic carbocycles. The van der Waals surface area contributed by atoms with Gasteiger partial charge in [0.2, 0.25) is 0 Å². The molecule has 0 saturated carbocycles. The van der Waals surface area contributed by atoms with Crippen LogP contribution >= 0.6 is 0 Å². The van der Waals surface area contributed by atoms with Crippen molar-refractivity contribution in [3.63, 3.8) is 0 Å². The Morgan fingerprint density at radius 2 is 0.694 bits per heavy atom. The lowest BCUT2D eigenvalue weighted by atomic mass is 9.70. The van der Waals surface area contributed by atoms with E-state index in [0.29, 0.717) is 0 Å². The summed E-state index contributed by atoms with van der Waals surface area (Å²) in [6, 6.07) is 87.9.